The minimum atomic E-state index is -2.93. The molecule has 2 aliphatic rings. The Morgan fingerprint density at radius 2 is 1.97 bits per heavy atom. The average Bonchev–Trinajstić information content (AvgIpc) is 3.30. The molecule has 168 valence electrons. The molecule has 1 aliphatic heterocycles. The molecule has 1 amide bonds. The van der Waals surface area contributed by atoms with Gasteiger partial charge in [-0.05, 0) is 6.42 Å². The molecule has 0 spiro atoms. The Balaban J connectivity index is 1.32. The summed E-state index contributed by atoms with van der Waals surface area (Å²) in [6, 6.07) is -0.618. The number of aliphatic hydroxyl groups excluding tert-OH is 2. The first kappa shape index (κ1) is 21.7. The largest absolute Gasteiger partial charge is 0.390 e. The van der Waals surface area contributed by atoms with Crippen molar-refractivity contribution >= 4 is 15.7 Å². The lowest BCUT2D eigenvalue weighted by Gasteiger charge is -2.25. The number of rotatable bonds is 6. The second-order valence-electron chi connectivity index (χ2n) is 8.01. The summed E-state index contributed by atoms with van der Waals surface area (Å²) in [5.74, 6) is -0.488. The van der Waals surface area contributed by atoms with Gasteiger partial charge in [0.05, 0.1) is 35.5 Å². The number of nitrogens with one attached hydrogen (secondary N) is 1. The molecule has 1 saturated heterocycles. The summed E-state index contributed by atoms with van der Waals surface area (Å²) < 4.78 is 24.7. The number of aromatic nitrogens is 5. The van der Waals surface area contributed by atoms with Gasteiger partial charge in [0.25, 0.3) is 5.91 Å². The quantitative estimate of drug-likeness (QED) is 0.441. The molecule has 12 nitrogen and oxygen atoms in total. The SMILES string of the molecule is O=C(N[C@@H]1C[C@H](Cn2cc(CN3CCS(=O)(=O)CC3)nn2)[C@@H](O)[C@H]1O)c1cnccn1. The van der Waals surface area contributed by atoms with Crippen LogP contribution in [0.15, 0.2) is 24.8 Å². The van der Waals surface area contributed by atoms with Crippen molar-refractivity contribution in [3.63, 3.8) is 0 Å². The van der Waals surface area contributed by atoms with Crippen LogP contribution in [0, 0.1) is 5.92 Å². The number of hydrogen-bond acceptors (Lipinski definition) is 10. The summed E-state index contributed by atoms with van der Waals surface area (Å²) in [5.41, 5.74) is 0.846. The van der Waals surface area contributed by atoms with Crippen molar-refractivity contribution < 1.29 is 23.4 Å². The first-order valence-corrected chi connectivity index (χ1v) is 11.9. The van der Waals surface area contributed by atoms with Crippen molar-refractivity contribution in [2.45, 2.75) is 37.8 Å². The van der Waals surface area contributed by atoms with Crippen molar-refractivity contribution in [2.75, 3.05) is 24.6 Å². The van der Waals surface area contributed by atoms with Crippen molar-refractivity contribution in [3.05, 3.63) is 36.2 Å². The van der Waals surface area contributed by atoms with E-state index in [1.807, 2.05) is 4.90 Å². The van der Waals surface area contributed by atoms with Crippen LogP contribution < -0.4 is 5.32 Å². The molecule has 4 rings (SSSR count). The normalized spacial score (nSPS) is 28.5. The number of sulfone groups is 1. The first-order valence-electron chi connectivity index (χ1n) is 10.1. The molecule has 0 bridgehead atoms. The molecular weight excluding hydrogens is 426 g/mol. The third-order valence-electron chi connectivity index (χ3n) is 5.74. The smallest absolute Gasteiger partial charge is 0.271 e. The molecule has 2 aromatic heterocycles. The number of aliphatic hydroxyl groups is 2. The van der Waals surface area contributed by atoms with Crippen LogP contribution in [0.3, 0.4) is 0 Å². The molecule has 3 N–H and O–H groups in total. The fraction of sp³-hybridized carbons (Fsp3) is 0.611. The maximum atomic E-state index is 12.3. The Kier molecular flexibility index (Phi) is 6.27. The van der Waals surface area contributed by atoms with Crippen LogP contribution in [0.25, 0.3) is 0 Å². The summed E-state index contributed by atoms with van der Waals surface area (Å²) in [5, 5.41) is 31.7. The van der Waals surface area contributed by atoms with Crippen molar-refractivity contribution in [1.82, 2.24) is 35.2 Å². The van der Waals surface area contributed by atoms with Gasteiger partial charge in [0, 0.05) is 50.7 Å². The lowest BCUT2D eigenvalue weighted by Crippen LogP contribution is -2.43. The molecule has 13 heteroatoms. The van der Waals surface area contributed by atoms with E-state index < -0.39 is 34.0 Å². The Bertz CT molecular complexity index is 1000. The molecule has 3 heterocycles. The molecule has 0 radical (unpaired) electrons. The Hall–Kier alpha value is -2.48. The Labute approximate surface area is 179 Å². The highest BCUT2D eigenvalue weighted by molar-refractivity contribution is 7.91. The van der Waals surface area contributed by atoms with Crippen LogP contribution in [0.2, 0.25) is 0 Å². The fourth-order valence-corrected chi connectivity index (χ4v) is 5.26. The summed E-state index contributed by atoms with van der Waals surface area (Å²) >= 11 is 0. The summed E-state index contributed by atoms with van der Waals surface area (Å²) in [6.07, 6.45) is 4.19. The van der Waals surface area contributed by atoms with Crippen LogP contribution in [-0.4, -0.2) is 97.2 Å². The van der Waals surface area contributed by atoms with Crippen LogP contribution in [-0.2, 0) is 22.9 Å². The molecule has 0 unspecified atom stereocenters. The number of hydrogen-bond donors (Lipinski definition) is 3. The minimum Gasteiger partial charge on any atom is -0.390 e. The molecule has 4 atom stereocenters. The van der Waals surface area contributed by atoms with Gasteiger partial charge in [-0.1, -0.05) is 5.21 Å². The average molecular weight is 452 g/mol. The summed E-state index contributed by atoms with van der Waals surface area (Å²) in [4.78, 5) is 22.1. The summed E-state index contributed by atoms with van der Waals surface area (Å²) in [6.45, 7) is 1.77. The lowest BCUT2D eigenvalue weighted by atomic mass is 10.1. The number of carbonyl (C=O) groups is 1. The Morgan fingerprint density at radius 3 is 2.68 bits per heavy atom. The van der Waals surface area contributed by atoms with E-state index in [0.29, 0.717) is 38.3 Å². The van der Waals surface area contributed by atoms with E-state index >= 15 is 0 Å². The van der Waals surface area contributed by atoms with E-state index in [-0.39, 0.29) is 23.1 Å². The second kappa shape index (κ2) is 8.94. The predicted octanol–water partition coefficient (Wildman–Crippen LogP) is -2.16. The molecular formula is C18H25N7O5S. The lowest BCUT2D eigenvalue weighted by molar-refractivity contribution is 0.00759. The standard InChI is InChI=1S/C18H25N7O5S/c26-16-12(7-14(17(16)27)21-18(28)15-8-19-1-2-20-15)9-25-11-13(22-23-25)10-24-3-5-31(29,30)6-4-24/h1-2,8,11-12,14,16-17,26-27H,3-7,9-10H2,(H,21,28)/t12-,14-,16-,17+/m1/s1. The maximum absolute atomic E-state index is 12.3. The monoisotopic (exact) mass is 451 g/mol. The van der Waals surface area contributed by atoms with Crippen LogP contribution in [0.4, 0.5) is 0 Å². The van der Waals surface area contributed by atoms with Gasteiger partial charge in [0.2, 0.25) is 0 Å². The number of amides is 1. The summed E-state index contributed by atoms with van der Waals surface area (Å²) in [7, 11) is -2.93. The molecule has 2 aromatic rings. The van der Waals surface area contributed by atoms with E-state index in [1.54, 1.807) is 10.9 Å². The highest BCUT2D eigenvalue weighted by atomic mass is 32.2. The molecule has 0 aromatic carbocycles. The van der Waals surface area contributed by atoms with Gasteiger partial charge < -0.3 is 15.5 Å². The van der Waals surface area contributed by atoms with Crippen LogP contribution in [0.5, 0.6) is 0 Å². The van der Waals surface area contributed by atoms with E-state index in [2.05, 4.69) is 25.6 Å². The zero-order chi connectivity index (χ0) is 22.0. The molecule has 31 heavy (non-hydrogen) atoms. The topological polar surface area (TPSA) is 163 Å². The predicted molar refractivity (Wildman–Crippen MR) is 107 cm³/mol. The van der Waals surface area contributed by atoms with Gasteiger partial charge in [0.15, 0.2) is 9.84 Å². The highest BCUT2D eigenvalue weighted by Crippen LogP contribution is 2.28. The van der Waals surface area contributed by atoms with Gasteiger partial charge in [-0.2, -0.15) is 0 Å². The third kappa shape index (κ3) is 5.23. The molecule has 1 saturated carbocycles. The maximum Gasteiger partial charge on any atom is 0.271 e. The van der Waals surface area contributed by atoms with E-state index in [9.17, 15) is 23.4 Å². The van der Waals surface area contributed by atoms with Gasteiger partial charge in [-0.15, -0.1) is 5.10 Å². The molecule has 2 fully saturated rings. The van der Waals surface area contributed by atoms with Gasteiger partial charge >= 0.3 is 0 Å². The second-order valence-corrected chi connectivity index (χ2v) is 10.3. The zero-order valence-corrected chi connectivity index (χ0v) is 17.6. The molecule has 1 aliphatic carbocycles. The van der Waals surface area contributed by atoms with E-state index in [4.69, 9.17) is 0 Å². The van der Waals surface area contributed by atoms with Crippen molar-refractivity contribution in [3.8, 4) is 0 Å². The fourth-order valence-electron chi connectivity index (χ4n) is 3.99. The minimum absolute atomic E-state index is 0.138. The van der Waals surface area contributed by atoms with Crippen molar-refractivity contribution in [1.29, 1.82) is 0 Å². The van der Waals surface area contributed by atoms with Crippen LogP contribution >= 0.6 is 0 Å². The van der Waals surface area contributed by atoms with Gasteiger partial charge in [-0.3, -0.25) is 19.4 Å². The third-order valence-corrected chi connectivity index (χ3v) is 7.35. The van der Waals surface area contributed by atoms with E-state index in [0.717, 1.165) is 0 Å². The zero-order valence-electron chi connectivity index (χ0n) is 16.8. The van der Waals surface area contributed by atoms with Crippen molar-refractivity contribution in [2.24, 2.45) is 5.92 Å². The van der Waals surface area contributed by atoms with Crippen LogP contribution in [0.1, 0.15) is 22.6 Å². The Morgan fingerprint density at radius 1 is 1.19 bits per heavy atom. The van der Waals surface area contributed by atoms with Gasteiger partial charge in [0.1, 0.15) is 11.8 Å². The highest BCUT2D eigenvalue weighted by Gasteiger charge is 2.42. The number of carbonyl (C=O) groups excluding carboxylic acids is 1. The first-order chi connectivity index (χ1) is 14.8. The van der Waals surface area contributed by atoms with Gasteiger partial charge in [-0.25, -0.2) is 13.4 Å². The number of nitrogens with zero attached hydrogens (tertiary/aromatic N) is 6. The van der Waals surface area contributed by atoms with E-state index in [1.165, 1.54) is 18.6 Å².